The molecule has 0 saturated heterocycles. The van der Waals surface area contributed by atoms with Crippen LogP contribution in [0.25, 0.3) is 0 Å². The Morgan fingerprint density at radius 1 is 1.32 bits per heavy atom. The molecule has 1 aliphatic carbocycles. The molecule has 4 nitrogen and oxygen atoms in total. The van der Waals surface area contributed by atoms with Gasteiger partial charge in [0.2, 0.25) is 0 Å². The van der Waals surface area contributed by atoms with Gasteiger partial charge in [-0.15, -0.1) is 0 Å². The maximum Gasteiger partial charge on any atom is 0.305 e. The molecule has 1 amide bonds. The Morgan fingerprint density at radius 2 is 2.00 bits per heavy atom. The smallest absolute Gasteiger partial charge is 0.305 e. The van der Waals surface area contributed by atoms with Crippen molar-refractivity contribution in [3.63, 3.8) is 0 Å². The lowest BCUT2D eigenvalue weighted by Crippen LogP contribution is -2.35. The lowest BCUT2D eigenvalue weighted by Gasteiger charge is -2.22. The van der Waals surface area contributed by atoms with Crippen LogP contribution in [-0.2, 0) is 4.79 Å². The summed E-state index contributed by atoms with van der Waals surface area (Å²) in [4.78, 5) is 24.9. The summed E-state index contributed by atoms with van der Waals surface area (Å²) >= 11 is 0. The molecule has 0 aliphatic heterocycles. The molecule has 102 valence electrons. The first-order chi connectivity index (χ1) is 8.99. The van der Waals surface area contributed by atoms with Gasteiger partial charge in [-0.25, -0.2) is 0 Å². The second-order valence-corrected chi connectivity index (χ2v) is 5.19. The van der Waals surface area contributed by atoms with E-state index in [9.17, 15) is 9.59 Å². The Bertz CT molecular complexity index is 506. The van der Waals surface area contributed by atoms with Crippen molar-refractivity contribution in [1.82, 2.24) is 4.90 Å². The van der Waals surface area contributed by atoms with Crippen LogP contribution >= 0.6 is 0 Å². The Kier molecular flexibility index (Phi) is 3.88. The molecule has 1 N–H and O–H groups in total. The number of aliphatic carboxylic acids is 1. The van der Waals surface area contributed by atoms with E-state index >= 15 is 0 Å². The number of carboxylic acid groups (broad SMARTS) is 1. The molecule has 0 atom stereocenters. The minimum atomic E-state index is -0.862. The molecular formula is C15H19NO3. The molecule has 1 aromatic rings. The fourth-order valence-corrected chi connectivity index (χ4v) is 2.26. The second-order valence-electron chi connectivity index (χ2n) is 5.19. The van der Waals surface area contributed by atoms with Gasteiger partial charge in [0.25, 0.3) is 5.91 Å². The molecule has 0 spiro atoms. The van der Waals surface area contributed by atoms with E-state index < -0.39 is 5.97 Å². The summed E-state index contributed by atoms with van der Waals surface area (Å²) in [6.07, 6.45) is 1.97. The van der Waals surface area contributed by atoms with Crippen LogP contribution in [0.15, 0.2) is 18.2 Å². The van der Waals surface area contributed by atoms with E-state index in [0.717, 1.165) is 24.0 Å². The predicted octanol–water partition coefficient (Wildman–Crippen LogP) is 2.38. The molecule has 2 rings (SSSR count). The summed E-state index contributed by atoms with van der Waals surface area (Å²) in [5, 5.41) is 8.77. The van der Waals surface area contributed by atoms with E-state index in [-0.39, 0.29) is 18.4 Å². The van der Waals surface area contributed by atoms with Crippen LogP contribution in [0.5, 0.6) is 0 Å². The van der Waals surface area contributed by atoms with E-state index in [1.165, 1.54) is 0 Å². The van der Waals surface area contributed by atoms with Crippen molar-refractivity contribution in [2.45, 2.75) is 39.2 Å². The van der Waals surface area contributed by atoms with Crippen LogP contribution in [0.3, 0.4) is 0 Å². The fourth-order valence-electron chi connectivity index (χ4n) is 2.26. The first-order valence-electron chi connectivity index (χ1n) is 6.59. The quantitative estimate of drug-likeness (QED) is 0.885. The molecule has 1 saturated carbocycles. The van der Waals surface area contributed by atoms with E-state index in [4.69, 9.17) is 5.11 Å². The first kappa shape index (κ1) is 13.6. The lowest BCUT2D eigenvalue weighted by molar-refractivity contribution is -0.137. The highest BCUT2D eigenvalue weighted by Gasteiger charge is 2.33. The van der Waals surface area contributed by atoms with Crippen LogP contribution in [0, 0.1) is 13.8 Å². The lowest BCUT2D eigenvalue weighted by atomic mass is 10.0. The molecule has 1 aliphatic rings. The van der Waals surface area contributed by atoms with Gasteiger partial charge in [-0.3, -0.25) is 9.59 Å². The molecule has 0 aromatic heterocycles. The summed E-state index contributed by atoms with van der Waals surface area (Å²) in [5.41, 5.74) is 2.76. The molecule has 4 heteroatoms. The average molecular weight is 261 g/mol. The maximum atomic E-state index is 12.5. The largest absolute Gasteiger partial charge is 0.481 e. The zero-order chi connectivity index (χ0) is 14.0. The highest BCUT2D eigenvalue weighted by atomic mass is 16.4. The summed E-state index contributed by atoms with van der Waals surface area (Å²) in [7, 11) is 0. The summed E-state index contributed by atoms with van der Waals surface area (Å²) < 4.78 is 0. The molecule has 0 heterocycles. The molecule has 19 heavy (non-hydrogen) atoms. The number of hydrogen-bond acceptors (Lipinski definition) is 2. The topological polar surface area (TPSA) is 57.6 Å². The number of benzene rings is 1. The minimum absolute atomic E-state index is 0.00709. The van der Waals surface area contributed by atoms with Gasteiger partial charge in [0.1, 0.15) is 0 Å². The van der Waals surface area contributed by atoms with Crippen LogP contribution < -0.4 is 0 Å². The number of hydrogen-bond donors (Lipinski definition) is 1. The van der Waals surface area contributed by atoms with E-state index in [1.54, 1.807) is 4.90 Å². The Hall–Kier alpha value is -1.84. The number of nitrogens with zero attached hydrogens (tertiary/aromatic N) is 1. The van der Waals surface area contributed by atoms with Gasteiger partial charge < -0.3 is 10.0 Å². The molecular weight excluding hydrogens is 242 g/mol. The zero-order valence-electron chi connectivity index (χ0n) is 11.3. The van der Waals surface area contributed by atoms with Gasteiger partial charge in [-0.05, 0) is 38.3 Å². The van der Waals surface area contributed by atoms with Crippen LogP contribution in [0.2, 0.25) is 0 Å². The number of carboxylic acids is 1. The van der Waals surface area contributed by atoms with Gasteiger partial charge >= 0.3 is 5.97 Å². The van der Waals surface area contributed by atoms with Gasteiger partial charge in [0.15, 0.2) is 0 Å². The number of rotatable bonds is 5. The molecule has 0 radical (unpaired) electrons. The number of aryl methyl sites for hydroxylation is 2. The van der Waals surface area contributed by atoms with Crippen molar-refractivity contribution in [2.75, 3.05) is 6.54 Å². The minimum Gasteiger partial charge on any atom is -0.481 e. The molecule has 0 bridgehead atoms. The summed E-state index contributed by atoms with van der Waals surface area (Å²) in [6, 6.07) is 5.97. The fraction of sp³-hybridized carbons (Fsp3) is 0.467. The van der Waals surface area contributed by atoms with Crippen molar-refractivity contribution in [2.24, 2.45) is 0 Å². The summed E-state index contributed by atoms with van der Waals surface area (Å²) in [6.45, 7) is 4.21. The SMILES string of the molecule is Cc1ccc(C(=O)N(CCC(=O)O)C2CC2)c(C)c1. The molecule has 1 fully saturated rings. The van der Waals surface area contributed by atoms with Gasteiger partial charge in [-0.1, -0.05) is 17.7 Å². The van der Waals surface area contributed by atoms with Crippen LogP contribution in [0.1, 0.15) is 40.7 Å². The zero-order valence-corrected chi connectivity index (χ0v) is 11.3. The highest BCUT2D eigenvalue weighted by Crippen LogP contribution is 2.29. The Labute approximate surface area is 113 Å². The third kappa shape index (κ3) is 3.34. The van der Waals surface area contributed by atoms with Crippen LogP contribution in [0.4, 0.5) is 0 Å². The predicted molar refractivity (Wildman–Crippen MR) is 72.2 cm³/mol. The Balaban J connectivity index is 2.16. The van der Waals surface area contributed by atoms with Gasteiger partial charge in [0, 0.05) is 18.2 Å². The maximum absolute atomic E-state index is 12.5. The van der Waals surface area contributed by atoms with Gasteiger partial charge in [0.05, 0.1) is 6.42 Å². The van der Waals surface area contributed by atoms with Crippen molar-refractivity contribution in [3.05, 3.63) is 34.9 Å². The van der Waals surface area contributed by atoms with Crippen molar-refractivity contribution in [1.29, 1.82) is 0 Å². The average Bonchev–Trinajstić information content (AvgIpc) is 3.13. The van der Waals surface area contributed by atoms with E-state index in [2.05, 4.69) is 0 Å². The van der Waals surface area contributed by atoms with Crippen molar-refractivity contribution < 1.29 is 14.7 Å². The molecule has 0 unspecified atom stereocenters. The van der Waals surface area contributed by atoms with Gasteiger partial charge in [-0.2, -0.15) is 0 Å². The first-order valence-corrected chi connectivity index (χ1v) is 6.59. The van der Waals surface area contributed by atoms with E-state index in [1.807, 2.05) is 32.0 Å². The summed E-state index contributed by atoms with van der Waals surface area (Å²) in [5.74, 6) is -0.902. The Morgan fingerprint density at radius 3 is 2.53 bits per heavy atom. The van der Waals surface area contributed by atoms with Crippen molar-refractivity contribution >= 4 is 11.9 Å². The normalized spacial score (nSPS) is 14.2. The number of amides is 1. The number of carbonyl (C=O) groups excluding carboxylic acids is 1. The third-order valence-corrected chi connectivity index (χ3v) is 3.43. The molecule has 1 aromatic carbocycles. The second kappa shape index (κ2) is 5.43. The standard InChI is InChI=1S/C15H19NO3/c1-10-3-6-13(11(2)9-10)15(19)16(12-4-5-12)8-7-14(17)18/h3,6,9,12H,4-5,7-8H2,1-2H3,(H,17,18). The van der Waals surface area contributed by atoms with E-state index in [0.29, 0.717) is 12.1 Å². The third-order valence-electron chi connectivity index (χ3n) is 3.43. The highest BCUT2D eigenvalue weighted by molar-refractivity contribution is 5.96. The van der Waals surface area contributed by atoms with Crippen LogP contribution in [-0.4, -0.2) is 34.5 Å². The monoisotopic (exact) mass is 261 g/mol. The number of carbonyl (C=O) groups is 2. The van der Waals surface area contributed by atoms with Crippen molar-refractivity contribution in [3.8, 4) is 0 Å².